The highest BCUT2D eigenvalue weighted by Gasteiger charge is 2.18. The van der Waals surface area contributed by atoms with Crippen molar-refractivity contribution in [3.63, 3.8) is 0 Å². The second kappa shape index (κ2) is 17.1. The normalized spacial score (nSPS) is 12.0. The van der Waals surface area contributed by atoms with Crippen molar-refractivity contribution in [3.05, 3.63) is 119 Å². The molecule has 50 heavy (non-hydrogen) atoms. The summed E-state index contributed by atoms with van der Waals surface area (Å²) in [5.41, 5.74) is 6.60. The third-order valence-electron chi connectivity index (χ3n) is 8.23. The lowest BCUT2D eigenvalue weighted by atomic mass is 9.85. The van der Waals surface area contributed by atoms with Gasteiger partial charge in [0.05, 0.1) is 70.0 Å². The van der Waals surface area contributed by atoms with Gasteiger partial charge in [0.2, 0.25) is 0 Å². The molecule has 0 heterocycles. The molecular weight excluding hydrogens is 622 g/mol. The Morgan fingerprint density at radius 1 is 0.360 bits per heavy atom. The zero-order chi connectivity index (χ0) is 36.4. The minimum Gasteiger partial charge on any atom is -0.494 e. The molecule has 0 spiro atoms. The summed E-state index contributed by atoms with van der Waals surface area (Å²) in [7, 11) is 19.6. The van der Waals surface area contributed by atoms with Crippen molar-refractivity contribution >= 4 is 11.1 Å². The quantitative estimate of drug-likeness (QED) is 0.0813. The van der Waals surface area contributed by atoms with Crippen LogP contribution in [0.3, 0.4) is 0 Å². The second-order valence-corrected chi connectivity index (χ2v) is 15.9. The van der Waals surface area contributed by atoms with E-state index >= 15 is 0 Å². The van der Waals surface area contributed by atoms with E-state index in [0.717, 1.165) is 89.5 Å². The van der Waals surface area contributed by atoms with Crippen LogP contribution in [0.4, 0.5) is 0 Å². The van der Waals surface area contributed by atoms with Gasteiger partial charge in [-0.3, -0.25) is 0 Å². The first-order valence-corrected chi connectivity index (χ1v) is 17.7. The maximum absolute atomic E-state index is 6.15. The van der Waals surface area contributed by atoms with Crippen LogP contribution < -0.4 is 18.9 Å². The van der Waals surface area contributed by atoms with Gasteiger partial charge in [-0.2, -0.15) is 0 Å². The van der Waals surface area contributed by atoms with Gasteiger partial charge >= 0.3 is 0 Å². The fourth-order valence-corrected chi connectivity index (χ4v) is 5.26. The Bertz CT molecular complexity index is 1580. The lowest BCUT2D eigenvalue weighted by molar-refractivity contribution is -0.870. The molecule has 0 saturated heterocycles. The average molecular weight is 683 g/mol. The van der Waals surface area contributed by atoms with Crippen LogP contribution >= 0.6 is 0 Å². The van der Waals surface area contributed by atoms with Crippen molar-refractivity contribution in [3.8, 4) is 23.0 Å². The Labute approximate surface area is 301 Å². The highest BCUT2D eigenvalue weighted by Crippen LogP contribution is 2.39. The standard InChI is InChI=1S/C43H60N3O4/c1-11-47-38-20-12-34(13-21-38)42(35-14-22-39(23-15-35)48-31-28-44(2,3)4)43(36-16-24-40(25-17-36)49-32-29-45(5,6)7)37-18-26-41(27-19-37)50-33-30-46(8,9)10/h12-27H,11,28-33H2,1-10H3/q+3. The van der Waals surface area contributed by atoms with Crippen LogP contribution in [-0.2, 0) is 0 Å². The van der Waals surface area contributed by atoms with Crippen LogP contribution in [0.2, 0.25) is 0 Å². The van der Waals surface area contributed by atoms with Crippen LogP contribution in [0.25, 0.3) is 11.1 Å². The molecule has 0 aromatic heterocycles. The molecule has 4 aromatic rings. The van der Waals surface area contributed by atoms with E-state index < -0.39 is 0 Å². The third-order valence-corrected chi connectivity index (χ3v) is 8.23. The predicted molar refractivity (Wildman–Crippen MR) is 207 cm³/mol. The summed E-state index contributed by atoms with van der Waals surface area (Å²) in [6, 6.07) is 33.8. The van der Waals surface area contributed by atoms with E-state index in [9.17, 15) is 0 Å². The Kier molecular flexibility index (Phi) is 13.2. The SMILES string of the molecule is CCOc1ccc(C(=C(c2ccc(OCC[N+](C)(C)C)cc2)c2ccc(OCC[N+](C)(C)C)cc2)c2ccc(OCC[N+](C)(C)C)cc2)cc1. The van der Waals surface area contributed by atoms with Crippen LogP contribution in [0.1, 0.15) is 29.2 Å². The number of likely N-dealkylation sites (N-methyl/N-ethyl adjacent to an activating group) is 3. The molecule has 0 aliphatic carbocycles. The van der Waals surface area contributed by atoms with E-state index in [-0.39, 0.29) is 0 Å². The van der Waals surface area contributed by atoms with Crippen LogP contribution in [0.5, 0.6) is 23.0 Å². The maximum Gasteiger partial charge on any atom is 0.137 e. The van der Waals surface area contributed by atoms with Crippen molar-refractivity contribution in [1.29, 1.82) is 0 Å². The molecule has 0 aliphatic heterocycles. The lowest BCUT2D eigenvalue weighted by Crippen LogP contribution is -2.38. The Morgan fingerprint density at radius 2 is 0.580 bits per heavy atom. The zero-order valence-electron chi connectivity index (χ0n) is 32.2. The molecule has 0 amide bonds. The summed E-state index contributed by atoms with van der Waals surface area (Å²) in [4.78, 5) is 0. The van der Waals surface area contributed by atoms with Gasteiger partial charge in [0.15, 0.2) is 0 Å². The van der Waals surface area contributed by atoms with E-state index in [2.05, 4.69) is 148 Å². The van der Waals surface area contributed by atoms with E-state index in [1.165, 1.54) is 0 Å². The number of rotatable bonds is 18. The van der Waals surface area contributed by atoms with Gasteiger partial charge in [0.1, 0.15) is 62.5 Å². The Morgan fingerprint density at radius 3 is 0.780 bits per heavy atom. The summed E-state index contributed by atoms with van der Waals surface area (Å²) in [5, 5.41) is 0. The van der Waals surface area contributed by atoms with E-state index in [1.807, 2.05) is 19.1 Å². The number of nitrogens with zero attached hydrogens (tertiary/aromatic N) is 3. The van der Waals surface area contributed by atoms with Crippen molar-refractivity contribution in [2.75, 3.05) is 109 Å². The van der Waals surface area contributed by atoms with Crippen molar-refractivity contribution in [2.24, 2.45) is 0 Å². The zero-order valence-corrected chi connectivity index (χ0v) is 32.2. The first-order valence-electron chi connectivity index (χ1n) is 17.7. The van der Waals surface area contributed by atoms with E-state index in [4.69, 9.17) is 18.9 Å². The van der Waals surface area contributed by atoms with Gasteiger partial charge in [0, 0.05) is 0 Å². The van der Waals surface area contributed by atoms with Crippen LogP contribution in [0.15, 0.2) is 97.1 Å². The van der Waals surface area contributed by atoms with Gasteiger partial charge in [-0.1, -0.05) is 48.5 Å². The molecule has 4 rings (SSSR count). The Hall–Kier alpha value is -4.30. The number of hydrogen-bond donors (Lipinski definition) is 0. The largest absolute Gasteiger partial charge is 0.494 e. The molecule has 0 aliphatic rings. The van der Waals surface area contributed by atoms with Crippen LogP contribution in [-0.4, -0.2) is 123 Å². The monoisotopic (exact) mass is 682 g/mol. The predicted octanol–water partition coefficient (Wildman–Crippen LogP) is 7.35. The molecule has 0 N–H and O–H groups in total. The van der Waals surface area contributed by atoms with E-state index in [0.29, 0.717) is 26.4 Å². The molecule has 268 valence electrons. The molecule has 0 saturated carbocycles. The van der Waals surface area contributed by atoms with Crippen molar-refractivity contribution in [2.45, 2.75) is 6.92 Å². The fourth-order valence-electron chi connectivity index (χ4n) is 5.26. The highest BCUT2D eigenvalue weighted by atomic mass is 16.5. The highest BCUT2D eigenvalue weighted by molar-refractivity contribution is 6.04. The average Bonchev–Trinajstić information content (AvgIpc) is 3.04. The number of benzene rings is 4. The minimum atomic E-state index is 0.620. The molecule has 0 atom stereocenters. The molecule has 4 aromatic carbocycles. The summed E-state index contributed by atoms with van der Waals surface area (Å²) in [6.45, 7) is 7.36. The summed E-state index contributed by atoms with van der Waals surface area (Å²) in [6.07, 6.45) is 0. The third kappa shape index (κ3) is 12.5. The molecule has 7 nitrogen and oxygen atoms in total. The Balaban J connectivity index is 1.81. The van der Waals surface area contributed by atoms with Gasteiger partial charge in [-0.15, -0.1) is 0 Å². The summed E-state index contributed by atoms with van der Waals surface area (Å²) >= 11 is 0. The molecule has 0 unspecified atom stereocenters. The number of quaternary nitrogens is 3. The topological polar surface area (TPSA) is 36.9 Å². The minimum absolute atomic E-state index is 0.620. The smallest absolute Gasteiger partial charge is 0.137 e. The van der Waals surface area contributed by atoms with Gasteiger partial charge in [-0.25, -0.2) is 0 Å². The van der Waals surface area contributed by atoms with E-state index in [1.54, 1.807) is 0 Å². The van der Waals surface area contributed by atoms with Gasteiger partial charge < -0.3 is 32.4 Å². The first-order chi connectivity index (χ1) is 23.6. The summed E-state index contributed by atoms with van der Waals surface area (Å²) < 4.78 is 26.8. The fraction of sp³-hybridized carbons (Fsp3) is 0.395. The van der Waals surface area contributed by atoms with Crippen molar-refractivity contribution in [1.82, 2.24) is 0 Å². The summed E-state index contributed by atoms with van der Waals surface area (Å²) in [5.74, 6) is 3.44. The first kappa shape index (κ1) is 38.5. The molecule has 7 heteroatoms. The number of hydrogen-bond acceptors (Lipinski definition) is 4. The lowest BCUT2D eigenvalue weighted by Gasteiger charge is -2.24. The molecule has 0 radical (unpaired) electrons. The molecule has 0 fully saturated rings. The van der Waals surface area contributed by atoms with Gasteiger partial charge in [-0.05, 0) is 88.9 Å². The van der Waals surface area contributed by atoms with Crippen molar-refractivity contribution < 1.29 is 32.4 Å². The molecular formula is C43H60N3O4+3. The second-order valence-electron chi connectivity index (χ2n) is 15.9. The van der Waals surface area contributed by atoms with Crippen LogP contribution in [0, 0.1) is 0 Å². The van der Waals surface area contributed by atoms with Gasteiger partial charge in [0.25, 0.3) is 0 Å². The number of ether oxygens (including phenoxy) is 4. The molecule has 0 bridgehead atoms. The maximum atomic E-state index is 6.15.